The highest BCUT2D eigenvalue weighted by Crippen LogP contribution is 2.25. The molecule has 5 heteroatoms. The Hall–Kier alpha value is -1.39. The number of nitrogens with zero attached hydrogens (tertiary/aromatic N) is 2. The van der Waals surface area contributed by atoms with Crippen molar-refractivity contribution >= 4 is 5.97 Å². The van der Waals surface area contributed by atoms with Crippen LogP contribution in [-0.4, -0.2) is 21.3 Å². The van der Waals surface area contributed by atoms with Crippen molar-refractivity contribution in [3.8, 4) is 0 Å². The van der Waals surface area contributed by atoms with Crippen LogP contribution in [0.1, 0.15) is 63.1 Å². The van der Waals surface area contributed by atoms with Gasteiger partial charge in [0.1, 0.15) is 0 Å². The van der Waals surface area contributed by atoms with Gasteiger partial charge in [0.05, 0.1) is 0 Å². The lowest BCUT2D eigenvalue weighted by molar-refractivity contribution is -0.137. The van der Waals surface area contributed by atoms with E-state index in [1.807, 2.05) is 0 Å². The fraction of sp³-hybridized carbons (Fsp3) is 0.786. The van der Waals surface area contributed by atoms with E-state index in [9.17, 15) is 4.79 Å². The lowest BCUT2D eigenvalue weighted by atomic mass is 9.97. The van der Waals surface area contributed by atoms with Gasteiger partial charge in [-0.3, -0.25) is 4.79 Å². The SMILES string of the molecule is O=C(O)CCCc1nnc(CC2CCCCCC2)o1. The van der Waals surface area contributed by atoms with Crippen LogP contribution < -0.4 is 0 Å². The summed E-state index contributed by atoms with van der Waals surface area (Å²) >= 11 is 0. The smallest absolute Gasteiger partial charge is 0.303 e. The molecule has 0 spiro atoms. The standard InChI is InChI=1S/C14H22N2O3/c17-14(18)9-5-8-12-15-16-13(19-12)10-11-6-3-1-2-4-7-11/h11H,1-10H2,(H,17,18). The Labute approximate surface area is 113 Å². The zero-order valence-corrected chi connectivity index (χ0v) is 11.3. The van der Waals surface area contributed by atoms with E-state index in [0.717, 1.165) is 12.3 Å². The van der Waals surface area contributed by atoms with Crippen molar-refractivity contribution in [1.29, 1.82) is 0 Å². The lowest BCUT2D eigenvalue weighted by Crippen LogP contribution is -2.03. The molecule has 0 aliphatic heterocycles. The lowest BCUT2D eigenvalue weighted by Gasteiger charge is -2.10. The van der Waals surface area contributed by atoms with Crippen molar-refractivity contribution in [2.24, 2.45) is 5.92 Å². The summed E-state index contributed by atoms with van der Waals surface area (Å²) in [6.45, 7) is 0. The highest BCUT2D eigenvalue weighted by Gasteiger charge is 2.16. The Balaban J connectivity index is 1.77. The average molecular weight is 266 g/mol. The summed E-state index contributed by atoms with van der Waals surface area (Å²) in [6.07, 6.45) is 9.99. The number of aryl methyl sites for hydroxylation is 1. The molecule has 19 heavy (non-hydrogen) atoms. The van der Waals surface area contributed by atoms with E-state index in [0.29, 0.717) is 24.7 Å². The first-order chi connectivity index (χ1) is 9.24. The predicted molar refractivity (Wildman–Crippen MR) is 69.8 cm³/mol. The Morgan fingerprint density at radius 1 is 1.16 bits per heavy atom. The van der Waals surface area contributed by atoms with Gasteiger partial charge in [0, 0.05) is 19.3 Å². The average Bonchev–Trinajstić information content (AvgIpc) is 2.65. The molecule has 0 saturated heterocycles. The van der Waals surface area contributed by atoms with Gasteiger partial charge >= 0.3 is 5.97 Å². The van der Waals surface area contributed by atoms with E-state index < -0.39 is 5.97 Å². The van der Waals surface area contributed by atoms with Crippen LogP contribution in [0.25, 0.3) is 0 Å². The molecule has 0 amide bonds. The molecule has 0 bridgehead atoms. The van der Waals surface area contributed by atoms with Crippen LogP contribution in [0, 0.1) is 5.92 Å². The zero-order valence-electron chi connectivity index (χ0n) is 11.3. The number of aromatic nitrogens is 2. The molecule has 0 atom stereocenters. The van der Waals surface area contributed by atoms with Crippen LogP contribution >= 0.6 is 0 Å². The molecule has 5 nitrogen and oxygen atoms in total. The van der Waals surface area contributed by atoms with E-state index in [1.165, 1.54) is 38.5 Å². The molecule has 0 aromatic carbocycles. The van der Waals surface area contributed by atoms with Gasteiger partial charge in [-0.15, -0.1) is 10.2 Å². The van der Waals surface area contributed by atoms with Gasteiger partial charge in [-0.1, -0.05) is 25.7 Å². The maximum atomic E-state index is 10.4. The predicted octanol–water partition coefficient (Wildman–Crippen LogP) is 2.99. The number of carboxylic acid groups (broad SMARTS) is 1. The summed E-state index contributed by atoms with van der Waals surface area (Å²) in [4.78, 5) is 10.4. The molecule has 1 fully saturated rings. The van der Waals surface area contributed by atoms with Gasteiger partial charge in [0.2, 0.25) is 11.8 Å². The summed E-state index contributed by atoms with van der Waals surface area (Å²) in [5.74, 6) is 1.19. The first-order valence-electron chi connectivity index (χ1n) is 7.27. The molecule has 106 valence electrons. The molecule has 1 aliphatic rings. The van der Waals surface area contributed by atoms with Crippen LogP contribution in [0.3, 0.4) is 0 Å². The normalized spacial score (nSPS) is 17.3. The summed E-state index contributed by atoms with van der Waals surface area (Å²) in [5.41, 5.74) is 0. The van der Waals surface area contributed by atoms with Gasteiger partial charge in [-0.25, -0.2) is 0 Å². The highest BCUT2D eigenvalue weighted by molar-refractivity contribution is 5.66. The third kappa shape index (κ3) is 5.01. The fourth-order valence-corrected chi connectivity index (χ4v) is 2.68. The number of hydrogen-bond acceptors (Lipinski definition) is 4. The van der Waals surface area contributed by atoms with Gasteiger partial charge < -0.3 is 9.52 Å². The van der Waals surface area contributed by atoms with Crippen LogP contribution in [0.2, 0.25) is 0 Å². The maximum absolute atomic E-state index is 10.4. The van der Waals surface area contributed by atoms with Crippen LogP contribution in [0.5, 0.6) is 0 Å². The molecule has 0 unspecified atom stereocenters. The number of hydrogen-bond donors (Lipinski definition) is 1. The molecule has 2 rings (SSSR count). The fourth-order valence-electron chi connectivity index (χ4n) is 2.68. The molecule has 1 N–H and O–H groups in total. The number of rotatable bonds is 6. The zero-order chi connectivity index (χ0) is 13.5. The minimum absolute atomic E-state index is 0.153. The molecule has 1 aromatic heterocycles. The Bertz CT molecular complexity index is 395. The third-order valence-corrected chi connectivity index (χ3v) is 3.73. The summed E-state index contributed by atoms with van der Waals surface area (Å²) in [6, 6.07) is 0. The monoisotopic (exact) mass is 266 g/mol. The maximum Gasteiger partial charge on any atom is 0.303 e. The van der Waals surface area contributed by atoms with Gasteiger partial charge in [-0.05, 0) is 25.2 Å². The van der Waals surface area contributed by atoms with Crippen molar-refractivity contribution in [3.63, 3.8) is 0 Å². The second-order valence-corrected chi connectivity index (χ2v) is 5.40. The van der Waals surface area contributed by atoms with Gasteiger partial charge in [0.25, 0.3) is 0 Å². The first-order valence-corrected chi connectivity index (χ1v) is 7.27. The van der Waals surface area contributed by atoms with Gasteiger partial charge in [0.15, 0.2) is 0 Å². The molecular weight excluding hydrogens is 244 g/mol. The minimum atomic E-state index is -0.779. The first kappa shape index (κ1) is 14.0. The highest BCUT2D eigenvalue weighted by atomic mass is 16.4. The number of carbonyl (C=O) groups is 1. The summed E-state index contributed by atoms with van der Waals surface area (Å²) in [5, 5.41) is 16.6. The van der Waals surface area contributed by atoms with Crippen molar-refractivity contribution in [3.05, 3.63) is 11.8 Å². The van der Waals surface area contributed by atoms with E-state index in [-0.39, 0.29) is 6.42 Å². The van der Waals surface area contributed by atoms with E-state index in [4.69, 9.17) is 9.52 Å². The van der Waals surface area contributed by atoms with Crippen LogP contribution in [-0.2, 0) is 17.6 Å². The molecule has 1 aliphatic carbocycles. The van der Waals surface area contributed by atoms with Crippen LogP contribution in [0.15, 0.2) is 4.42 Å². The Morgan fingerprint density at radius 3 is 2.53 bits per heavy atom. The van der Waals surface area contributed by atoms with E-state index in [2.05, 4.69) is 10.2 Å². The second kappa shape index (κ2) is 7.26. The molecule has 1 saturated carbocycles. The minimum Gasteiger partial charge on any atom is -0.481 e. The molecular formula is C14H22N2O3. The Kier molecular flexibility index (Phi) is 5.36. The van der Waals surface area contributed by atoms with E-state index >= 15 is 0 Å². The molecule has 0 radical (unpaired) electrons. The summed E-state index contributed by atoms with van der Waals surface area (Å²) < 4.78 is 5.59. The quantitative estimate of drug-likeness (QED) is 0.801. The van der Waals surface area contributed by atoms with Gasteiger partial charge in [-0.2, -0.15) is 0 Å². The van der Waals surface area contributed by atoms with Crippen LogP contribution in [0.4, 0.5) is 0 Å². The van der Waals surface area contributed by atoms with E-state index in [1.54, 1.807) is 0 Å². The molecule has 1 heterocycles. The Morgan fingerprint density at radius 2 is 1.84 bits per heavy atom. The summed E-state index contributed by atoms with van der Waals surface area (Å²) in [7, 11) is 0. The van der Waals surface area contributed by atoms with Crippen molar-refractivity contribution < 1.29 is 14.3 Å². The third-order valence-electron chi connectivity index (χ3n) is 3.73. The number of aliphatic carboxylic acids is 1. The van der Waals surface area contributed by atoms with Crippen molar-refractivity contribution in [2.45, 2.75) is 64.2 Å². The van der Waals surface area contributed by atoms with Crippen molar-refractivity contribution in [1.82, 2.24) is 10.2 Å². The number of carboxylic acids is 1. The molecule has 1 aromatic rings. The topological polar surface area (TPSA) is 76.2 Å². The second-order valence-electron chi connectivity index (χ2n) is 5.40. The van der Waals surface area contributed by atoms with Crippen molar-refractivity contribution in [2.75, 3.05) is 0 Å². The largest absolute Gasteiger partial charge is 0.481 e.